The van der Waals surface area contributed by atoms with Gasteiger partial charge in [-0.25, -0.2) is 4.79 Å². The van der Waals surface area contributed by atoms with E-state index in [1.807, 2.05) is 0 Å². The van der Waals surface area contributed by atoms with E-state index in [4.69, 9.17) is 47.4 Å². The van der Waals surface area contributed by atoms with Crippen LogP contribution in [0.3, 0.4) is 0 Å². The van der Waals surface area contributed by atoms with E-state index in [1.165, 1.54) is 52.1 Å². The summed E-state index contributed by atoms with van der Waals surface area (Å²) in [5.41, 5.74) is 0. The molecule has 0 saturated carbocycles. The Hall–Kier alpha value is -0.930. The Bertz CT molecular complexity index is 527. The molecule has 0 saturated heterocycles. The molecule has 0 aromatic rings. The molecule has 0 aromatic carbocycles. The third kappa shape index (κ3) is 39.0. The number of rotatable bonds is 38. The van der Waals surface area contributed by atoms with Gasteiger partial charge in [0.1, 0.15) is 6.61 Å². The van der Waals surface area contributed by atoms with Crippen LogP contribution in [0.2, 0.25) is 0 Å². The highest BCUT2D eigenvalue weighted by Gasteiger charge is 1.99. The molecule has 0 radical (unpaired) electrons. The van der Waals surface area contributed by atoms with Crippen molar-refractivity contribution >= 4 is 5.97 Å². The van der Waals surface area contributed by atoms with Gasteiger partial charge in [-0.2, -0.15) is 0 Å². The topological polar surface area (TPSA) is 119 Å². The van der Waals surface area contributed by atoms with E-state index >= 15 is 0 Å². The molecule has 0 aromatic heterocycles. The van der Waals surface area contributed by atoms with Crippen molar-refractivity contribution in [2.45, 2.75) is 58.3 Å². The molecule has 0 unspecified atom stereocenters. The fourth-order valence-electron chi connectivity index (χ4n) is 3.53. The van der Waals surface area contributed by atoms with Gasteiger partial charge in [0.25, 0.3) is 0 Å². The van der Waals surface area contributed by atoms with Gasteiger partial charge in [-0.1, -0.05) is 51.9 Å². The lowest BCUT2D eigenvalue weighted by Crippen LogP contribution is -2.16. The number of carbonyl (C=O) groups excluding carboxylic acids is 1. The minimum atomic E-state index is -0.403. The van der Waals surface area contributed by atoms with E-state index < -0.39 is 5.97 Å². The van der Waals surface area contributed by atoms with Crippen LogP contribution in [-0.2, 0) is 56.9 Å². The number of esters is 1. The summed E-state index contributed by atoms with van der Waals surface area (Å²) in [5.74, 6) is -0.403. The van der Waals surface area contributed by atoms with Crippen molar-refractivity contribution in [3.05, 3.63) is 0 Å². The van der Waals surface area contributed by atoms with E-state index in [0.717, 1.165) is 13.0 Å². The van der Waals surface area contributed by atoms with Gasteiger partial charge in [0.05, 0.1) is 126 Å². The molecule has 0 rings (SSSR count). The Labute approximate surface area is 260 Å². The van der Waals surface area contributed by atoms with Crippen LogP contribution in [0, 0.1) is 0 Å². The van der Waals surface area contributed by atoms with Gasteiger partial charge in [-0.05, 0) is 6.42 Å². The molecule has 0 amide bonds. The average molecular weight is 627 g/mol. The second-order valence-electron chi connectivity index (χ2n) is 9.61. The molecule has 43 heavy (non-hydrogen) atoms. The van der Waals surface area contributed by atoms with Crippen molar-refractivity contribution < 1.29 is 56.9 Å². The van der Waals surface area contributed by atoms with Crippen LogP contribution in [0.5, 0.6) is 0 Å². The van der Waals surface area contributed by atoms with Gasteiger partial charge in [0.2, 0.25) is 0 Å². The Kier molecular flexibility index (Phi) is 38.2. The lowest BCUT2D eigenvalue weighted by molar-refractivity contribution is -0.146. The molecule has 12 nitrogen and oxygen atoms in total. The average Bonchev–Trinajstić information content (AvgIpc) is 3.02. The van der Waals surface area contributed by atoms with Crippen molar-refractivity contribution in [1.29, 1.82) is 0 Å². The number of hydrogen-bond donors (Lipinski definition) is 0. The van der Waals surface area contributed by atoms with Crippen LogP contribution < -0.4 is 0 Å². The number of ether oxygens (including phenoxy) is 11. The monoisotopic (exact) mass is 626 g/mol. The highest BCUT2D eigenvalue weighted by molar-refractivity contribution is 5.70. The Morgan fingerprint density at radius 2 is 0.605 bits per heavy atom. The summed E-state index contributed by atoms with van der Waals surface area (Å²) in [7, 11) is 1.32. The molecule has 0 aliphatic heterocycles. The molecule has 0 N–H and O–H groups in total. The molecule has 0 atom stereocenters. The predicted molar refractivity (Wildman–Crippen MR) is 163 cm³/mol. The number of carbonyl (C=O) groups is 1. The van der Waals surface area contributed by atoms with E-state index in [1.54, 1.807) is 0 Å². The first kappa shape index (κ1) is 42.1. The van der Waals surface area contributed by atoms with Gasteiger partial charge in [0.15, 0.2) is 0 Å². The minimum absolute atomic E-state index is 0.0656. The molecule has 0 heterocycles. The predicted octanol–water partition coefficient (Wildman–Crippen LogP) is 3.47. The van der Waals surface area contributed by atoms with Gasteiger partial charge in [-0.15, -0.1) is 0 Å². The highest BCUT2D eigenvalue weighted by Crippen LogP contribution is 2.08. The van der Waals surface area contributed by atoms with Crippen LogP contribution in [0.4, 0.5) is 0 Å². The zero-order valence-electron chi connectivity index (χ0n) is 27.2. The third-order valence-corrected chi connectivity index (χ3v) is 5.94. The van der Waals surface area contributed by atoms with Crippen LogP contribution in [0.1, 0.15) is 58.3 Å². The van der Waals surface area contributed by atoms with Crippen LogP contribution in [0.15, 0.2) is 0 Å². The summed E-state index contributed by atoms with van der Waals surface area (Å²) in [5, 5.41) is 0. The molecule has 0 aliphatic carbocycles. The Morgan fingerprint density at radius 3 is 0.907 bits per heavy atom. The summed E-state index contributed by atoms with van der Waals surface area (Å²) in [4.78, 5) is 10.9. The number of methoxy groups -OCH3 is 1. The Morgan fingerprint density at radius 1 is 0.349 bits per heavy atom. The lowest BCUT2D eigenvalue weighted by atomic mass is 10.1. The van der Waals surface area contributed by atoms with Crippen molar-refractivity contribution in [3.8, 4) is 0 Å². The maximum absolute atomic E-state index is 10.9. The molecule has 0 spiro atoms. The summed E-state index contributed by atoms with van der Waals surface area (Å²) in [6.07, 6.45) is 10.5. The molecule has 0 bridgehead atoms. The molecule has 0 aliphatic rings. The first-order valence-corrected chi connectivity index (χ1v) is 16.2. The van der Waals surface area contributed by atoms with Crippen LogP contribution in [0.25, 0.3) is 0 Å². The fourth-order valence-corrected chi connectivity index (χ4v) is 3.53. The first-order chi connectivity index (χ1) is 21.3. The van der Waals surface area contributed by atoms with E-state index in [2.05, 4.69) is 11.7 Å². The van der Waals surface area contributed by atoms with E-state index in [0.29, 0.717) is 119 Å². The number of unbranched alkanes of at least 4 members (excludes halogenated alkanes) is 7. The smallest absolute Gasteiger partial charge is 0.331 e. The van der Waals surface area contributed by atoms with Crippen LogP contribution >= 0.6 is 0 Å². The van der Waals surface area contributed by atoms with Gasteiger partial charge >= 0.3 is 5.97 Å². The third-order valence-electron chi connectivity index (χ3n) is 5.94. The molecule has 0 fully saturated rings. The normalized spacial score (nSPS) is 11.4. The zero-order valence-corrected chi connectivity index (χ0v) is 27.2. The van der Waals surface area contributed by atoms with Crippen molar-refractivity contribution in [2.75, 3.05) is 139 Å². The quantitative estimate of drug-likeness (QED) is 0.0738. The second-order valence-corrected chi connectivity index (χ2v) is 9.61. The van der Waals surface area contributed by atoms with E-state index in [9.17, 15) is 4.79 Å². The van der Waals surface area contributed by atoms with Crippen molar-refractivity contribution in [3.63, 3.8) is 0 Å². The maximum atomic E-state index is 10.9. The van der Waals surface area contributed by atoms with Gasteiger partial charge < -0.3 is 52.1 Å². The summed E-state index contributed by atoms with van der Waals surface area (Å²) < 4.78 is 58.7. The SMILES string of the molecule is CCCCCCCCCCOCCOCCOCCOCCOCCOCCOCCOCCOCCOCC(=O)OC. The largest absolute Gasteiger partial charge is 0.467 e. The van der Waals surface area contributed by atoms with E-state index in [-0.39, 0.29) is 6.61 Å². The van der Waals surface area contributed by atoms with Crippen molar-refractivity contribution in [2.24, 2.45) is 0 Å². The lowest BCUT2D eigenvalue weighted by Gasteiger charge is -2.09. The van der Waals surface area contributed by atoms with Crippen LogP contribution in [-0.4, -0.2) is 145 Å². The molecular weight excluding hydrogens is 564 g/mol. The van der Waals surface area contributed by atoms with Gasteiger partial charge in [0, 0.05) is 6.61 Å². The second kappa shape index (κ2) is 39.1. The number of hydrogen-bond acceptors (Lipinski definition) is 12. The maximum Gasteiger partial charge on any atom is 0.331 e. The van der Waals surface area contributed by atoms with Gasteiger partial charge in [-0.3, -0.25) is 0 Å². The Balaban J connectivity index is 3.04. The highest BCUT2D eigenvalue weighted by atomic mass is 16.6. The zero-order chi connectivity index (χ0) is 31.2. The summed E-state index contributed by atoms with van der Waals surface area (Å²) >= 11 is 0. The molecular formula is C31H62O12. The first-order valence-electron chi connectivity index (χ1n) is 16.2. The van der Waals surface area contributed by atoms with Crippen molar-refractivity contribution in [1.82, 2.24) is 0 Å². The fraction of sp³-hybridized carbons (Fsp3) is 0.968. The minimum Gasteiger partial charge on any atom is -0.467 e. The standard InChI is InChI=1S/C31H62O12/c1-3-4-5-6-7-8-9-10-11-34-12-13-35-14-15-36-16-17-37-18-19-38-20-21-39-22-23-40-24-25-41-26-27-42-28-29-43-30-31(32)33-2/h3-30H2,1-2H3. The molecule has 258 valence electrons. The summed E-state index contributed by atoms with van der Waals surface area (Å²) in [6, 6.07) is 0. The molecule has 12 heteroatoms. The summed E-state index contributed by atoms with van der Waals surface area (Å²) in [6.45, 7) is 12.1.